The second-order valence-corrected chi connectivity index (χ2v) is 8.00. The third-order valence-electron chi connectivity index (χ3n) is 4.75. The highest BCUT2D eigenvalue weighted by atomic mass is 16.5. The van der Waals surface area contributed by atoms with E-state index in [4.69, 9.17) is 4.74 Å². The molecule has 1 N–H and O–H groups in total. The summed E-state index contributed by atoms with van der Waals surface area (Å²) < 4.78 is 6.73. The number of hydrogen-bond donors (Lipinski definition) is 1. The number of benzene rings is 2. The monoisotopic (exact) mass is 392 g/mol. The van der Waals surface area contributed by atoms with Gasteiger partial charge in [-0.05, 0) is 35.1 Å². The first-order valence-corrected chi connectivity index (χ1v) is 9.78. The standard InChI is InChI=1S/C23H28N4O2/c1-23(2,3)18-12-10-17(11-13-18)16-24-26-22-25-20-9-6-5-8-19(20)21(28)27(22)14-7-15-29-4/h5-6,8-13,16H,7,14-15H2,1-4H3,(H,25,26)/b24-16-. The summed E-state index contributed by atoms with van der Waals surface area (Å²) in [5.74, 6) is 0.423. The minimum absolute atomic E-state index is 0.0843. The van der Waals surface area contributed by atoms with Gasteiger partial charge in [-0.15, -0.1) is 0 Å². The van der Waals surface area contributed by atoms with Gasteiger partial charge in [0.25, 0.3) is 5.56 Å². The zero-order chi connectivity index (χ0) is 20.9. The van der Waals surface area contributed by atoms with E-state index in [-0.39, 0.29) is 11.0 Å². The van der Waals surface area contributed by atoms with Crippen LogP contribution >= 0.6 is 0 Å². The van der Waals surface area contributed by atoms with Crippen molar-refractivity contribution in [1.82, 2.24) is 9.55 Å². The quantitative estimate of drug-likeness (QED) is 0.372. The summed E-state index contributed by atoms with van der Waals surface area (Å²) in [5.41, 5.74) is 5.86. The Kier molecular flexibility index (Phi) is 6.44. The van der Waals surface area contributed by atoms with Crippen LogP contribution in [0, 0.1) is 0 Å². The molecule has 0 unspecified atom stereocenters. The molecule has 0 atom stereocenters. The number of aromatic nitrogens is 2. The van der Waals surface area contributed by atoms with E-state index in [9.17, 15) is 4.79 Å². The largest absolute Gasteiger partial charge is 0.385 e. The first-order chi connectivity index (χ1) is 13.9. The number of hydrogen-bond acceptors (Lipinski definition) is 5. The van der Waals surface area contributed by atoms with E-state index in [0.717, 1.165) is 5.56 Å². The zero-order valence-corrected chi connectivity index (χ0v) is 17.5. The molecule has 2 aromatic carbocycles. The van der Waals surface area contributed by atoms with E-state index >= 15 is 0 Å². The lowest BCUT2D eigenvalue weighted by atomic mass is 9.87. The van der Waals surface area contributed by atoms with Crippen LogP contribution in [-0.4, -0.2) is 29.5 Å². The molecule has 0 saturated heterocycles. The Morgan fingerprint density at radius 1 is 1.14 bits per heavy atom. The van der Waals surface area contributed by atoms with Gasteiger partial charge in [0.1, 0.15) is 0 Å². The van der Waals surface area contributed by atoms with Crippen molar-refractivity contribution in [3.63, 3.8) is 0 Å². The minimum Gasteiger partial charge on any atom is -0.385 e. The smallest absolute Gasteiger partial charge is 0.262 e. The molecule has 1 heterocycles. The highest BCUT2D eigenvalue weighted by Gasteiger charge is 2.13. The highest BCUT2D eigenvalue weighted by molar-refractivity contribution is 5.81. The van der Waals surface area contributed by atoms with Gasteiger partial charge in [0.2, 0.25) is 5.95 Å². The first-order valence-electron chi connectivity index (χ1n) is 9.78. The molecule has 0 fully saturated rings. The Balaban J connectivity index is 1.85. The molecular weight excluding hydrogens is 364 g/mol. The summed E-state index contributed by atoms with van der Waals surface area (Å²) in [5, 5.41) is 4.91. The lowest BCUT2D eigenvalue weighted by molar-refractivity contribution is 0.190. The van der Waals surface area contributed by atoms with Crippen LogP contribution in [0.15, 0.2) is 58.4 Å². The van der Waals surface area contributed by atoms with Crippen LogP contribution in [0.1, 0.15) is 38.3 Å². The second-order valence-electron chi connectivity index (χ2n) is 8.00. The summed E-state index contributed by atoms with van der Waals surface area (Å²) in [6, 6.07) is 15.6. The van der Waals surface area contributed by atoms with E-state index in [1.165, 1.54) is 5.56 Å². The predicted octanol–water partition coefficient (Wildman–Crippen LogP) is 4.18. The maximum atomic E-state index is 12.9. The number of rotatable bonds is 7. The SMILES string of the molecule is COCCCn1c(N/N=C\c2ccc(C(C)(C)C)cc2)nc2ccccc2c1=O. The Morgan fingerprint density at radius 2 is 1.86 bits per heavy atom. The fraction of sp³-hybridized carbons (Fsp3) is 0.348. The topological polar surface area (TPSA) is 68.5 Å². The summed E-state index contributed by atoms with van der Waals surface area (Å²) in [7, 11) is 1.65. The van der Waals surface area contributed by atoms with Crippen molar-refractivity contribution < 1.29 is 4.74 Å². The summed E-state index contributed by atoms with van der Waals surface area (Å²) in [6.07, 6.45) is 2.44. The van der Waals surface area contributed by atoms with E-state index in [2.05, 4.69) is 48.4 Å². The van der Waals surface area contributed by atoms with Crippen molar-refractivity contribution in [2.45, 2.75) is 39.2 Å². The fourth-order valence-corrected chi connectivity index (χ4v) is 3.06. The predicted molar refractivity (Wildman–Crippen MR) is 119 cm³/mol. The van der Waals surface area contributed by atoms with Crippen LogP contribution in [0.4, 0.5) is 5.95 Å². The Morgan fingerprint density at radius 3 is 2.55 bits per heavy atom. The molecular formula is C23H28N4O2. The molecule has 152 valence electrons. The van der Waals surface area contributed by atoms with E-state index < -0.39 is 0 Å². The maximum absolute atomic E-state index is 12.9. The van der Waals surface area contributed by atoms with E-state index in [1.807, 2.05) is 30.3 Å². The molecule has 0 radical (unpaired) electrons. The lowest BCUT2D eigenvalue weighted by Crippen LogP contribution is -2.24. The first kappa shape index (κ1) is 20.7. The van der Waals surface area contributed by atoms with Crippen LogP contribution < -0.4 is 11.0 Å². The van der Waals surface area contributed by atoms with Gasteiger partial charge >= 0.3 is 0 Å². The van der Waals surface area contributed by atoms with Gasteiger partial charge in [-0.25, -0.2) is 10.4 Å². The number of fused-ring (bicyclic) bond motifs is 1. The van der Waals surface area contributed by atoms with Gasteiger partial charge in [-0.1, -0.05) is 57.2 Å². The average Bonchev–Trinajstić information content (AvgIpc) is 2.70. The number of anilines is 1. The summed E-state index contributed by atoms with van der Waals surface area (Å²) in [6.45, 7) is 7.63. The van der Waals surface area contributed by atoms with Crippen molar-refractivity contribution in [2.75, 3.05) is 19.1 Å². The Hall–Kier alpha value is -2.99. The molecule has 0 spiro atoms. The fourth-order valence-electron chi connectivity index (χ4n) is 3.06. The van der Waals surface area contributed by atoms with Gasteiger partial charge in [-0.2, -0.15) is 5.10 Å². The van der Waals surface area contributed by atoms with Crippen LogP contribution in [0.2, 0.25) is 0 Å². The lowest BCUT2D eigenvalue weighted by Gasteiger charge is -2.18. The number of para-hydroxylation sites is 1. The summed E-state index contributed by atoms with van der Waals surface area (Å²) in [4.78, 5) is 17.5. The average molecular weight is 393 g/mol. The van der Waals surface area contributed by atoms with Crippen molar-refractivity contribution in [3.05, 3.63) is 70.0 Å². The van der Waals surface area contributed by atoms with Gasteiger partial charge in [0, 0.05) is 20.3 Å². The molecule has 29 heavy (non-hydrogen) atoms. The maximum Gasteiger partial charge on any atom is 0.262 e. The molecule has 6 heteroatoms. The highest BCUT2D eigenvalue weighted by Crippen LogP contribution is 2.21. The van der Waals surface area contributed by atoms with Gasteiger partial charge < -0.3 is 4.74 Å². The van der Waals surface area contributed by atoms with E-state index in [1.54, 1.807) is 24.0 Å². The minimum atomic E-state index is -0.0843. The Labute approximate surface area is 171 Å². The number of hydrazone groups is 1. The van der Waals surface area contributed by atoms with Crippen molar-refractivity contribution in [3.8, 4) is 0 Å². The van der Waals surface area contributed by atoms with Crippen molar-refractivity contribution in [2.24, 2.45) is 5.10 Å². The van der Waals surface area contributed by atoms with Crippen LogP contribution in [0.3, 0.4) is 0 Å². The second kappa shape index (κ2) is 9.01. The molecule has 0 bridgehead atoms. The third kappa shape index (κ3) is 5.09. The van der Waals surface area contributed by atoms with Crippen molar-refractivity contribution in [1.29, 1.82) is 0 Å². The number of nitrogens with zero attached hydrogens (tertiary/aromatic N) is 3. The number of ether oxygens (including phenoxy) is 1. The van der Waals surface area contributed by atoms with Gasteiger partial charge in [-0.3, -0.25) is 9.36 Å². The summed E-state index contributed by atoms with van der Waals surface area (Å²) >= 11 is 0. The molecule has 1 aromatic heterocycles. The molecule has 0 saturated carbocycles. The Bertz CT molecular complexity index is 1050. The molecule has 6 nitrogen and oxygen atoms in total. The van der Waals surface area contributed by atoms with E-state index in [0.29, 0.717) is 36.4 Å². The van der Waals surface area contributed by atoms with Gasteiger partial charge in [0.15, 0.2) is 0 Å². The molecule has 0 aliphatic heterocycles. The molecule has 3 aromatic rings. The van der Waals surface area contributed by atoms with Crippen LogP contribution in [-0.2, 0) is 16.7 Å². The van der Waals surface area contributed by atoms with Crippen molar-refractivity contribution >= 4 is 23.1 Å². The molecule has 3 rings (SSSR count). The normalized spacial score (nSPS) is 12.0. The van der Waals surface area contributed by atoms with Crippen LogP contribution in [0.25, 0.3) is 10.9 Å². The third-order valence-corrected chi connectivity index (χ3v) is 4.75. The van der Waals surface area contributed by atoms with Gasteiger partial charge in [0.05, 0.1) is 17.1 Å². The molecule has 0 aliphatic rings. The molecule has 0 amide bonds. The zero-order valence-electron chi connectivity index (χ0n) is 17.5. The molecule has 0 aliphatic carbocycles. The van der Waals surface area contributed by atoms with Crippen LogP contribution in [0.5, 0.6) is 0 Å². The number of methoxy groups -OCH3 is 1. The number of nitrogens with one attached hydrogen (secondary N) is 1.